The molecule has 0 radical (unpaired) electrons. The van der Waals surface area contributed by atoms with Gasteiger partial charge in [-0.05, 0) is 49.6 Å². The lowest BCUT2D eigenvalue weighted by atomic mass is 9.73. The van der Waals surface area contributed by atoms with E-state index in [2.05, 4.69) is 15.9 Å². The van der Waals surface area contributed by atoms with E-state index in [1.165, 1.54) is 0 Å². The van der Waals surface area contributed by atoms with E-state index in [1.54, 1.807) is 0 Å². The number of nitrogens with zero attached hydrogens (tertiary/aromatic N) is 1. The molecule has 0 aromatic heterocycles. The normalized spacial score (nSPS) is 19.8. The van der Waals surface area contributed by atoms with E-state index >= 15 is 0 Å². The Labute approximate surface area is 207 Å². The third-order valence-corrected chi connectivity index (χ3v) is 7.08. The number of allylic oxidation sites excluding steroid dienone is 2. The second-order valence-electron chi connectivity index (χ2n) is 8.77. The molecule has 4 nitrogen and oxygen atoms in total. The van der Waals surface area contributed by atoms with Crippen molar-refractivity contribution in [3.8, 4) is 0 Å². The summed E-state index contributed by atoms with van der Waals surface area (Å²) in [4.78, 5) is 15.3. The highest BCUT2D eigenvalue weighted by molar-refractivity contribution is 9.10. The summed E-state index contributed by atoms with van der Waals surface area (Å²) in [7, 11) is 0. The molecule has 1 heterocycles. The Hall–Kier alpha value is -3.44. The van der Waals surface area contributed by atoms with Gasteiger partial charge in [0.1, 0.15) is 11.6 Å². The van der Waals surface area contributed by atoms with E-state index in [-0.39, 0.29) is 17.4 Å². The minimum atomic E-state index is -0.496. The topological polar surface area (TPSA) is 64.4 Å². The highest BCUT2D eigenvalue weighted by atomic mass is 79.9. The van der Waals surface area contributed by atoms with Crippen LogP contribution in [0.1, 0.15) is 41.9 Å². The molecule has 0 saturated carbocycles. The summed E-state index contributed by atoms with van der Waals surface area (Å²) in [5.74, 6) is -0.183. The molecule has 1 atom stereocenters. The second-order valence-corrected chi connectivity index (χ2v) is 9.69. The summed E-state index contributed by atoms with van der Waals surface area (Å²) in [6.07, 6.45) is 1.94. The van der Waals surface area contributed by atoms with Gasteiger partial charge >= 0.3 is 0 Å². The van der Waals surface area contributed by atoms with Crippen molar-refractivity contribution < 1.29 is 9.90 Å². The van der Waals surface area contributed by atoms with E-state index in [9.17, 15) is 15.3 Å². The third kappa shape index (κ3) is 3.90. The number of hydrogen-bond donors (Lipinski definition) is 2. The smallest absolute Gasteiger partial charge is 0.161 e. The first-order valence-electron chi connectivity index (χ1n) is 11.4. The Bertz CT molecular complexity index is 1320. The van der Waals surface area contributed by atoms with E-state index < -0.39 is 5.92 Å². The lowest BCUT2D eigenvalue weighted by Gasteiger charge is -2.41. The number of benzene rings is 3. The van der Waals surface area contributed by atoms with E-state index in [0.29, 0.717) is 29.6 Å². The van der Waals surface area contributed by atoms with Crippen molar-refractivity contribution in [1.82, 2.24) is 0 Å². The molecule has 1 aliphatic carbocycles. The average molecular weight is 513 g/mol. The summed E-state index contributed by atoms with van der Waals surface area (Å²) in [5.41, 5.74) is 5.42. The van der Waals surface area contributed by atoms with Gasteiger partial charge in [0.15, 0.2) is 5.78 Å². The molecule has 0 spiro atoms. The lowest BCUT2D eigenvalue weighted by Crippen LogP contribution is -2.42. The van der Waals surface area contributed by atoms with E-state index in [1.807, 2.05) is 90.7 Å². The second kappa shape index (κ2) is 9.07. The molecule has 0 amide bonds. The number of anilines is 1. The number of Topliss-reactive ketones (excluding diaryl/α,β-unsaturated/α-hetero) is 1. The minimum absolute atomic E-state index is 0.0332. The predicted octanol–water partition coefficient (Wildman–Crippen LogP) is 7.31. The van der Waals surface area contributed by atoms with Gasteiger partial charge in [0.05, 0.1) is 0 Å². The molecule has 0 unspecified atom stereocenters. The van der Waals surface area contributed by atoms with Crippen LogP contribution in [-0.2, 0) is 4.79 Å². The lowest BCUT2D eigenvalue weighted by molar-refractivity contribution is -0.116. The number of aliphatic hydroxyl groups is 1. The zero-order valence-corrected chi connectivity index (χ0v) is 20.5. The Morgan fingerprint density at radius 2 is 1.65 bits per heavy atom. The van der Waals surface area contributed by atoms with Crippen LogP contribution in [0, 0.1) is 12.3 Å². The number of carbonyl (C=O) groups is 1. The maximum Gasteiger partial charge on any atom is 0.161 e. The van der Waals surface area contributed by atoms with Gasteiger partial charge in [-0.3, -0.25) is 15.1 Å². The Balaban J connectivity index is 1.81. The Kier molecular flexibility index (Phi) is 5.96. The zero-order chi connectivity index (χ0) is 23.8. The fraction of sp³-hybridized carbons (Fsp3) is 0.172. The maximum absolute atomic E-state index is 13.4. The number of ketones is 1. The van der Waals surface area contributed by atoms with Crippen LogP contribution < -0.4 is 4.90 Å². The van der Waals surface area contributed by atoms with Gasteiger partial charge in [-0.2, -0.15) is 0 Å². The summed E-state index contributed by atoms with van der Waals surface area (Å²) in [5, 5.41) is 20.9. The Morgan fingerprint density at radius 3 is 2.32 bits per heavy atom. The summed E-state index contributed by atoms with van der Waals surface area (Å²) < 4.78 is 0.939. The van der Waals surface area contributed by atoms with Crippen LogP contribution in [0.5, 0.6) is 0 Å². The third-order valence-electron chi connectivity index (χ3n) is 6.55. The minimum Gasteiger partial charge on any atom is -0.507 e. The average Bonchev–Trinajstić information content (AvgIpc) is 2.85. The van der Waals surface area contributed by atoms with Gasteiger partial charge in [-0.15, -0.1) is 0 Å². The predicted molar refractivity (Wildman–Crippen MR) is 140 cm³/mol. The molecular weight excluding hydrogens is 488 g/mol. The molecule has 1 aliphatic heterocycles. The first kappa shape index (κ1) is 22.4. The number of amidine groups is 1. The van der Waals surface area contributed by atoms with Crippen LogP contribution in [0.2, 0.25) is 0 Å². The fourth-order valence-electron chi connectivity index (χ4n) is 4.91. The van der Waals surface area contributed by atoms with Crippen molar-refractivity contribution in [3.63, 3.8) is 0 Å². The quantitative estimate of drug-likeness (QED) is 0.361. The summed E-state index contributed by atoms with van der Waals surface area (Å²) in [6, 6.07) is 25.1. The number of hydrogen-bond acceptors (Lipinski definition) is 3. The fourth-order valence-corrected chi connectivity index (χ4v) is 5.18. The number of aliphatic hydroxyl groups excluding tert-OH is 1. The number of carbonyl (C=O) groups excluding carboxylic acids is 1. The molecule has 5 heteroatoms. The largest absolute Gasteiger partial charge is 0.507 e. The van der Waals surface area contributed by atoms with Gasteiger partial charge in [0.25, 0.3) is 0 Å². The highest BCUT2D eigenvalue weighted by Gasteiger charge is 2.43. The first-order chi connectivity index (χ1) is 16.5. The van der Waals surface area contributed by atoms with Crippen molar-refractivity contribution >= 4 is 39.0 Å². The molecule has 34 heavy (non-hydrogen) atoms. The first-order valence-corrected chi connectivity index (χ1v) is 12.2. The van der Waals surface area contributed by atoms with Gasteiger partial charge in [0, 0.05) is 44.9 Å². The maximum atomic E-state index is 13.4. The van der Waals surface area contributed by atoms with Crippen LogP contribution in [0.15, 0.2) is 100 Å². The molecule has 3 aromatic carbocycles. The van der Waals surface area contributed by atoms with Crippen LogP contribution >= 0.6 is 15.9 Å². The highest BCUT2D eigenvalue weighted by Crippen LogP contribution is 2.47. The molecule has 0 fully saturated rings. The summed E-state index contributed by atoms with van der Waals surface area (Å²) in [6.45, 7) is 2.00. The van der Waals surface area contributed by atoms with Crippen LogP contribution in [0.4, 0.5) is 5.69 Å². The van der Waals surface area contributed by atoms with Crippen LogP contribution in [0.25, 0.3) is 5.76 Å². The van der Waals surface area contributed by atoms with Crippen LogP contribution in [0.3, 0.4) is 0 Å². The molecule has 5 rings (SSSR count). The van der Waals surface area contributed by atoms with Crippen LogP contribution in [-0.4, -0.2) is 16.7 Å². The molecule has 0 saturated heterocycles. The SMILES string of the molecule is Cc1ccc(/C(O)=C2\C(=N)N(c3ccc(Br)cc3)C3=C(C(=O)CCC3)[C@H]2c2ccccc2)cc1. The number of rotatable bonds is 3. The van der Waals surface area contributed by atoms with E-state index in [4.69, 9.17) is 0 Å². The Morgan fingerprint density at radius 1 is 0.971 bits per heavy atom. The van der Waals surface area contributed by atoms with Gasteiger partial charge in [0.2, 0.25) is 0 Å². The molecule has 2 aliphatic rings. The number of aryl methyl sites for hydroxylation is 1. The molecular formula is C29H25BrN2O2. The van der Waals surface area contributed by atoms with Crippen molar-refractivity contribution in [2.24, 2.45) is 0 Å². The number of nitrogens with one attached hydrogen (secondary N) is 1. The molecule has 0 bridgehead atoms. The van der Waals surface area contributed by atoms with Crippen molar-refractivity contribution in [2.75, 3.05) is 4.90 Å². The monoisotopic (exact) mass is 512 g/mol. The molecule has 2 N–H and O–H groups in total. The van der Waals surface area contributed by atoms with Gasteiger partial charge in [-0.1, -0.05) is 76.1 Å². The van der Waals surface area contributed by atoms with Crippen molar-refractivity contribution in [3.05, 3.63) is 117 Å². The van der Waals surface area contributed by atoms with E-state index in [0.717, 1.165) is 33.4 Å². The summed E-state index contributed by atoms with van der Waals surface area (Å²) >= 11 is 3.49. The zero-order valence-electron chi connectivity index (χ0n) is 18.9. The van der Waals surface area contributed by atoms with Gasteiger partial charge < -0.3 is 5.11 Å². The molecule has 170 valence electrons. The van der Waals surface area contributed by atoms with Crippen molar-refractivity contribution in [2.45, 2.75) is 32.1 Å². The number of halogens is 1. The molecule has 3 aromatic rings. The standard InChI is InChI=1S/C29H25BrN2O2/c1-18-10-12-20(13-11-18)28(34)27-25(19-6-3-2-4-7-19)26-23(8-5-9-24(26)33)32(29(27)31)22-16-14-21(30)15-17-22/h2-4,6-7,10-17,25,31,34H,5,8-9H2,1H3/b28-27+,31-29?/t25-/m1/s1. The van der Waals surface area contributed by atoms with Gasteiger partial charge in [-0.25, -0.2) is 0 Å². The van der Waals surface area contributed by atoms with Crippen molar-refractivity contribution in [1.29, 1.82) is 5.41 Å².